The van der Waals surface area contributed by atoms with Crippen LogP contribution in [0.2, 0.25) is 0 Å². The predicted octanol–water partition coefficient (Wildman–Crippen LogP) is -0.0209. The molecule has 0 aromatic heterocycles. The minimum atomic E-state index is -3.91. The largest absolute Gasteiger partial charge is 0.401 e. The number of nitrogens with two attached hydrogens (primary N) is 1. The first kappa shape index (κ1) is 10.8. The van der Waals surface area contributed by atoms with Crippen molar-refractivity contribution in [2.24, 2.45) is 5.73 Å². The van der Waals surface area contributed by atoms with Crippen LogP contribution in [0.15, 0.2) is 0 Å². The van der Waals surface area contributed by atoms with Crippen molar-refractivity contribution >= 4 is 10.4 Å². The molecule has 0 heterocycles. The Morgan fingerprint density at radius 2 is 1.91 bits per heavy atom. The fraction of sp³-hybridized carbons (Fsp3) is 1.00. The predicted molar refractivity (Wildman–Crippen MR) is 39.9 cm³/mol. The van der Waals surface area contributed by atoms with Gasteiger partial charge in [0.25, 0.3) is 0 Å². The SMILES string of the molecule is CCOS(=O)(=O)OC(C)(C)N. The van der Waals surface area contributed by atoms with Crippen molar-refractivity contribution in [3.05, 3.63) is 0 Å². The molecule has 0 saturated heterocycles. The lowest BCUT2D eigenvalue weighted by molar-refractivity contribution is 0.0946. The van der Waals surface area contributed by atoms with Crippen LogP contribution in [0.4, 0.5) is 0 Å². The van der Waals surface area contributed by atoms with E-state index in [1.807, 2.05) is 0 Å². The van der Waals surface area contributed by atoms with E-state index in [0.717, 1.165) is 0 Å². The Morgan fingerprint density at radius 3 is 2.18 bits per heavy atom. The molecule has 0 aliphatic rings. The van der Waals surface area contributed by atoms with E-state index in [1.54, 1.807) is 6.92 Å². The average molecular weight is 183 g/mol. The molecule has 0 radical (unpaired) electrons. The third-order valence-corrected chi connectivity index (χ3v) is 1.74. The van der Waals surface area contributed by atoms with Gasteiger partial charge in [0.05, 0.1) is 6.61 Å². The van der Waals surface area contributed by atoms with Crippen molar-refractivity contribution in [1.82, 2.24) is 0 Å². The zero-order valence-corrected chi connectivity index (χ0v) is 7.64. The van der Waals surface area contributed by atoms with E-state index in [1.165, 1.54) is 13.8 Å². The molecule has 2 N–H and O–H groups in total. The van der Waals surface area contributed by atoms with E-state index in [-0.39, 0.29) is 6.61 Å². The Labute approximate surface area is 66.8 Å². The highest BCUT2D eigenvalue weighted by Gasteiger charge is 2.22. The van der Waals surface area contributed by atoms with Crippen LogP contribution >= 0.6 is 0 Å². The second-order valence-electron chi connectivity index (χ2n) is 2.50. The zero-order chi connectivity index (χ0) is 9.12. The summed E-state index contributed by atoms with van der Waals surface area (Å²) in [5.74, 6) is 0. The molecule has 6 heteroatoms. The lowest BCUT2D eigenvalue weighted by atomic mass is 10.4. The molecule has 68 valence electrons. The van der Waals surface area contributed by atoms with Crippen molar-refractivity contribution in [2.75, 3.05) is 6.61 Å². The monoisotopic (exact) mass is 183 g/mol. The fourth-order valence-electron chi connectivity index (χ4n) is 0.431. The van der Waals surface area contributed by atoms with E-state index < -0.39 is 16.1 Å². The molecule has 11 heavy (non-hydrogen) atoms. The molecule has 0 spiro atoms. The Morgan fingerprint density at radius 1 is 1.45 bits per heavy atom. The molecule has 0 bridgehead atoms. The Bertz CT molecular complexity index is 203. The summed E-state index contributed by atoms with van der Waals surface area (Å²) in [5, 5.41) is 0. The fourth-order valence-corrected chi connectivity index (χ4v) is 1.29. The van der Waals surface area contributed by atoms with Gasteiger partial charge < -0.3 is 5.73 Å². The Balaban J connectivity index is 4.15. The van der Waals surface area contributed by atoms with E-state index in [9.17, 15) is 8.42 Å². The summed E-state index contributed by atoms with van der Waals surface area (Å²) in [6.45, 7) is 4.43. The van der Waals surface area contributed by atoms with Gasteiger partial charge in [-0.05, 0) is 20.8 Å². The molecule has 0 fully saturated rings. The maximum Gasteiger partial charge on any atom is 0.401 e. The van der Waals surface area contributed by atoms with Gasteiger partial charge in [-0.15, -0.1) is 0 Å². The van der Waals surface area contributed by atoms with Gasteiger partial charge in [-0.25, -0.2) is 8.37 Å². The average Bonchev–Trinajstić information content (AvgIpc) is 1.55. The third kappa shape index (κ3) is 6.24. The van der Waals surface area contributed by atoms with Gasteiger partial charge in [0.1, 0.15) is 5.72 Å². The molecule has 0 rings (SSSR count). The van der Waals surface area contributed by atoms with E-state index in [0.29, 0.717) is 0 Å². The van der Waals surface area contributed by atoms with E-state index in [4.69, 9.17) is 5.73 Å². The van der Waals surface area contributed by atoms with Gasteiger partial charge in [-0.2, -0.15) is 8.42 Å². The molecule has 5 nitrogen and oxygen atoms in total. The van der Waals surface area contributed by atoms with Crippen LogP contribution < -0.4 is 5.73 Å². The first-order chi connectivity index (χ1) is 4.77. The van der Waals surface area contributed by atoms with Crippen molar-refractivity contribution in [3.63, 3.8) is 0 Å². The molecule has 0 amide bonds. The number of rotatable bonds is 4. The van der Waals surface area contributed by atoms with Gasteiger partial charge >= 0.3 is 10.4 Å². The van der Waals surface area contributed by atoms with Gasteiger partial charge in [0.15, 0.2) is 0 Å². The summed E-state index contributed by atoms with van der Waals surface area (Å²) < 4.78 is 30.1. The second-order valence-corrected chi connectivity index (χ2v) is 3.72. The highest BCUT2D eigenvalue weighted by molar-refractivity contribution is 7.81. The van der Waals surface area contributed by atoms with E-state index >= 15 is 0 Å². The number of hydrogen-bond acceptors (Lipinski definition) is 5. The Hall–Kier alpha value is -0.170. The first-order valence-electron chi connectivity index (χ1n) is 3.16. The van der Waals surface area contributed by atoms with Crippen molar-refractivity contribution in [3.8, 4) is 0 Å². The summed E-state index contributed by atoms with van der Waals surface area (Å²) in [6, 6.07) is 0. The van der Waals surface area contributed by atoms with Crippen LogP contribution in [0.25, 0.3) is 0 Å². The van der Waals surface area contributed by atoms with Crippen molar-refractivity contribution < 1.29 is 16.8 Å². The molecule has 0 unspecified atom stereocenters. The van der Waals surface area contributed by atoms with Gasteiger partial charge in [-0.3, -0.25) is 0 Å². The van der Waals surface area contributed by atoms with Gasteiger partial charge in [0, 0.05) is 0 Å². The number of hydrogen-bond donors (Lipinski definition) is 1. The maximum atomic E-state index is 10.7. The minimum absolute atomic E-state index is 0.0401. The molecule has 0 aliphatic carbocycles. The van der Waals surface area contributed by atoms with Crippen LogP contribution in [0, 0.1) is 0 Å². The highest BCUT2D eigenvalue weighted by Crippen LogP contribution is 2.06. The van der Waals surface area contributed by atoms with Crippen molar-refractivity contribution in [2.45, 2.75) is 26.5 Å². The summed E-state index contributed by atoms with van der Waals surface area (Å²) in [4.78, 5) is 0. The van der Waals surface area contributed by atoms with Gasteiger partial charge in [-0.1, -0.05) is 0 Å². The molecule has 0 aliphatic heterocycles. The van der Waals surface area contributed by atoms with Crippen molar-refractivity contribution in [1.29, 1.82) is 0 Å². The highest BCUT2D eigenvalue weighted by atomic mass is 32.3. The van der Waals surface area contributed by atoms with Crippen LogP contribution in [0.1, 0.15) is 20.8 Å². The van der Waals surface area contributed by atoms with Gasteiger partial charge in [0.2, 0.25) is 0 Å². The van der Waals surface area contributed by atoms with Crippen LogP contribution in [-0.4, -0.2) is 20.7 Å². The molecular formula is C5H13NO4S. The quantitative estimate of drug-likeness (QED) is 0.619. The molecule has 0 atom stereocenters. The standard InChI is InChI=1S/C5H13NO4S/c1-4-9-11(7,8)10-5(2,3)6/h4,6H2,1-3H3. The molecular weight excluding hydrogens is 170 g/mol. The Kier molecular flexibility index (Phi) is 3.43. The van der Waals surface area contributed by atoms with Crippen LogP contribution in [-0.2, 0) is 18.8 Å². The smallest absolute Gasteiger partial charge is 0.303 e. The third-order valence-electron chi connectivity index (χ3n) is 0.579. The van der Waals surface area contributed by atoms with E-state index in [2.05, 4.69) is 8.37 Å². The molecule has 0 saturated carbocycles. The van der Waals surface area contributed by atoms with Crippen LogP contribution in [0.5, 0.6) is 0 Å². The lowest BCUT2D eigenvalue weighted by Crippen LogP contribution is -2.38. The summed E-state index contributed by atoms with van der Waals surface area (Å²) in [7, 11) is -3.91. The minimum Gasteiger partial charge on any atom is -0.303 e. The lowest BCUT2D eigenvalue weighted by Gasteiger charge is -2.17. The summed E-state index contributed by atoms with van der Waals surface area (Å²) in [6.07, 6.45) is 0. The maximum absolute atomic E-state index is 10.7. The van der Waals surface area contributed by atoms with Crippen LogP contribution in [0.3, 0.4) is 0 Å². The normalized spacial score (nSPS) is 13.5. The topological polar surface area (TPSA) is 78.6 Å². The first-order valence-corrected chi connectivity index (χ1v) is 4.49. The molecule has 0 aromatic carbocycles. The zero-order valence-electron chi connectivity index (χ0n) is 6.83. The second kappa shape index (κ2) is 3.48. The summed E-state index contributed by atoms with van der Waals surface area (Å²) in [5.41, 5.74) is 4.04. The molecule has 0 aromatic rings. The summed E-state index contributed by atoms with van der Waals surface area (Å²) >= 11 is 0.